The zero-order valence-corrected chi connectivity index (χ0v) is 9.18. The molecule has 0 aliphatic carbocycles. The molecule has 0 bridgehead atoms. The van der Waals surface area contributed by atoms with E-state index in [4.69, 9.17) is 15.2 Å². The smallest absolute Gasteiger partial charge is 0.323 e. The number of benzene rings is 1. The molecule has 4 nitrogen and oxygen atoms in total. The van der Waals surface area contributed by atoms with E-state index in [1.807, 2.05) is 31.2 Å². The van der Waals surface area contributed by atoms with Crippen LogP contribution >= 0.6 is 0 Å². The minimum atomic E-state index is -0.495. The van der Waals surface area contributed by atoms with E-state index in [0.29, 0.717) is 13.0 Å². The maximum Gasteiger partial charge on any atom is 0.323 e. The van der Waals surface area contributed by atoms with Crippen LogP contribution in [-0.2, 0) is 9.53 Å². The van der Waals surface area contributed by atoms with Crippen LogP contribution in [0.4, 0.5) is 0 Å². The van der Waals surface area contributed by atoms with Gasteiger partial charge in [-0.3, -0.25) is 4.79 Å². The minimum Gasteiger partial charge on any atom is -0.489 e. The van der Waals surface area contributed by atoms with E-state index in [2.05, 4.69) is 0 Å². The lowest BCUT2D eigenvalue weighted by molar-refractivity contribution is -0.143. The highest BCUT2D eigenvalue weighted by molar-refractivity contribution is 5.77. The van der Waals surface area contributed by atoms with E-state index in [1.54, 1.807) is 0 Å². The van der Waals surface area contributed by atoms with Gasteiger partial charge in [-0.15, -0.1) is 0 Å². The molecule has 86 valence electrons. The van der Waals surface area contributed by atoms with Crippen molar-refractivity contribution >= 4 is 5.97 Å². The molecule has 1 saturated heterocycles. The molecule has 0 spiro atoms. The SMILES string of the molecule is Cc1ccccc1OCC1CC(N)C(=O)O1. The second-order valence-electron chi connectivity index (χ2n) is 3.98. The zero-order valence-electron chi connectivity index (χ0n) is 9.18. The van der Waals surface area contributed by atoms with Crippen molar-refractivity contribution in [3.8, 4) is 5.75 Å². The van der Waals surface area contributed by atoms with Crippen LogP contribution in [0.5, 0.6) is 5.75 Å². The first-order valence-electron chi connectivity index (χ1n) is 5.31. The summed E-state index contributed by atoms with van der Waals surface area (Å²) in [6, 6.07) is 7.24. The van der Waals surface area contributed by atoms with Crippen molar-refractivity contribution < 1.29 is 14.3 Å². The second kappa shape index (κ2) is 4.53. The topological polar surface area (TPSA) is 61.5 Å². The average Bonchev–Trinajstić information content (AvgIpc) is 2.57. The van der Waals surface area contributed by atoms with Crippen LogP contribution in [0.3, 0.4) is 0 Å². The molecule has 1 fully saturated rings. The number of carbonyl (C=O) groups excluding carboxylic acids is 1. The average molecular weight is 221 g/mol. The molecule has 1 heterocycles. The number of hydrogen-bond donors (Lipinski definition) is 1. The summed E-state index contributed by atoms with van der Waals surface area (Å²) >= 11 is 0. The van der Waals surface area contributed by atoms with Crippen molar-refractivity contribution in [2.45, 2.75) is 25.5 Å². The van der Waals surface area contributed by atoms with Gasteiger partial charge in [-0.25, -0.2) is 0 Å². The predicted molar refractivity (Wildman–Crippen MR) is 59.1 cm³/mol. The van der Waals surface area contributed by atoms with Gasteiger partial charge in [0.05, 0.1) is 0 Å². The fourth-order valence-corrected chi connectivity index (χ4v) is 1.68. The molecule has 16 heavy (non-hydrogen) atoms. The first-order chi connectivity index (χ1) is 7.66. The van der Waals surface area contributed by atoms with Crippen molar-refractivity contribution in [1.82, 2.24) is 0 Å². The van der Waals surface area contributed by atoms with E-state index in [0.717, 1.165) is 11.3 Å². The van der Waals surface area contributed by atoms with Crippen LogP contribution in [-0.4, -0.2) is 24.7 Å². The van der Waals surface area contributed by atoms with Gasteiger partial charge in [0.25, 0.3) is 0 Å². The molecule has 4 heteroatoms. The number of nitrogens with two attached hydrogens (primary N) is 1. The summed E-state index contributed by atoms with van der Waals surface area (Å²) in [6.45, 7) is 2.34. The molecule has 2 unspecified atom stereocenters. The van der Waals surface area contributed by atoms with Gasteiger partial charge in [-0.2, -0.15) is 0 Å². The van der Waals surface area contributed by atoms with Crippen LogP contribution < -0.4 is 10.5 Å². The van der Waals surface area contributed by atoms with E-state index >= 15 is 0 Å². The van der Waals surface area contributed by atoms with Crippen molar-refractivity contribution in [2.75, 3.05) is 6.61 Å². The predicted octanol–water partition coefficient (Wildman–Crippen LogP) is 1.02. The fraction of sp³-hybridized carbons (Fsp3) is 0.417. The molecule has 0 aromatic heterocycles. The standard InChI is InChI=1S/C12H15NO3/c1-8-4-2-3-5-11(8)15-7-9-6-10(13)12(14)16-9/h2-5,9-10H,6-7,13H2,1H3. The maximum atomic E-state index is 11.1. The lowest BCUT2D eigenvalue weighted by Gasteiger charge is -2.12. The van der Waals surface area contributed by atoms with Gasteiger partial charge in [0, 0.05) is 6.42 Å². The molecule has 1 aliphatic heterocycles. The highest BCUT2D eigenvalue weighted by Gasteiger charge is 2.31. The Morgan fingerprint density at radius 2 is 2.25 bits per heavy atom. The third kappa shape index (κ3) is 2.33. The lowest BCUT2D eigenvalue weighted by Crippen LogP contribution is -2.24. The Kier molecular flexibility index (Phi) is 3.10. The Morgan fingerprint density at radius 3 is 2.88 bits per heavy atom. The third-order valence-corrected chi connectivity index (χ3v) is 2.62. The number of hydrogen-bond acceptors (Lipinski definition) is 4. The minimum absolute atomic E-state index is 0.220. The van der Waals surface area contributed by atoms with Crippen LogP contribution in [0, 0.1) is 6.92 Å². The van der Waals surface area contributed by atoms with E-state index in [9.17, 15) is 4.79 Å². The van der Waals surface area contributed by atoms with Crippen molar-refractivity contribution in [3.63, 3.8) is 0 Å². The van der Waals surface area contributed by atoms with Crippen LogP contribution in [0.15, 0.2) is 24.3 Å². The molecule has 2 N–H and O–H groups in total. The van der Waals surface area contributed by atoms with Gasteiger partial charge >= 0.3 is 5.97 Å². The molecular formula is C12H15NO3. The monoisotopic (exact) mass is 221 g/mol. The normalized spacial score (nSPS) is 24.2. The highest BCUT2D eigenvalue weighted by Crippen LogP contribution is 2.19. The van der Waals surface area contributed by atoms with Gasteiger partial charge < -0.3 is 15.2 Å². The summed E-state index contributed by atoms with van der Waals surface area (Å²) in [5.41, 5.74) is 6.60. The molecule has 2 atom stereocenters. The largest absolute Gasteiger partial charge is 0.489 e. The molecule has 0 radical (unpaired) electrons. The Labute approximate surface area is 94.3 Å². The Hall–Kier alpha value is -1.55. The molecule has 1 aliphatic rings. The summed E-state index contributed by atoms with van der Waals surface area (Å²) < 4.78 is 10.6. The molecular weight excluding hydrogens is 206 g/mol. The Morgan fingerprint density at radius 1 is 1.50 bits per heavy atom. The summed E-state index contributed by atoms with van der Waals surface area (Å²) in [4.78, 5) is 11.1. The van der Waals surface area contributed by atoms with Crippen LogP contribution in [0.1, 0.15) is 12.0 Å². The summed E-state index contributed by atoms with van der Waals surface area (Å²) in [7, 11) is 0. The second-order valence-corrected chi connectivity index (χ2v) is 3.98. The number of aryl methyl sites for hydroxylation is 1. The number of cyclic esters (lactones) is 1. The van der Waals surface area contributed by atoms with Crippen LogP contribution in [0.25, 0.3) is 0 Å². The Balaban J connectivity index is 1.89. The van der Waals surface area contributed by atoms with Gasteiger partial charge in [0.15, 0.2) is 0 Å². The van der Waals surface area contributed by atoms with Crippen molar-refractivity contribution in [1.29, 1.82) is 0 Å². The fourth-order valence-electron chi connectivity index (χ4n) is 1.68. The van der Waals surface area contributed by atoms with Gasteiger partial charge in [-0.05, 0) is 18.6 Å². The summed E-state index contributed by atoms with van der Waals surface area (Å²) in [5.74, 6) is 0.484. The van der Waals surface area contributed by atoms with E-state index in [1.165, 1.54) is 0 Å². The number of para-hydroxylation sites is 1. The molecule has 0 amide bonds. The summed E-state index contributed by atoms with van der Waals surface area (Å²) in [5, 5.41) is 0. The molecule has 1 aromatic rings. The first kappa shape index (κ1) is 11.0. The summed E-state index contributed by atoms with van der Waals surface area (Å²) in [6.07, 6.45) is 0.312. The van der Waals surface area contributed by atoms with Gasteiger partial charge in [0.2, 0.25) is 0 Å². The lowest BCUT2D eigenvalue weighted by atomic mass is 10.2. The van der Waals surface area contributed by atoms with E-state index in [-0.39, 0.29) is 12.1 Å². The Bertz CT molecular complexity index is 392. The molecule has 1 aromatic carbocycles. The maximum absolute atomic E-state index is 11.1. The first-order valence-corrected chi connectivity index (χ1v) is 5.31. The number of carbonyl (C=O) groups is 1. The molecule has 0 saturated carbocycles. The number of esters is 1. The number of rotatable bonds is 3. The van der Waals surface area contributed by atoms with Crippen molar-refractivity contribution in [3.05, 3.63) is 29.8 Å². The highest BCUT2D eigenvalue weighted by atomic mass is 16.6. The van der Waals surface area contributed by atoms with E-state index < -0.39 is 6.04 Å². The number of ether oxygens (including phenoxy) is 2. The third-order valence-electron chi connectivity index (χ3n) is 2.62. The molecule has 2 rings (SSSR count). The van der Waals surface area contributed by atoms with Crippen LogP contribution in [0.2, 0.25) is 0 Å². The van der Waals surface area contributed by atoms with Crippen molar-refractivity contribution in [2.24, 2.45) is 5.73 Å². The van der Waals surface area contributed by atoms with Gasteiger partial charge in [-0.1, -0.05) is 18.2 Å². The quantitative estimate of drug-likeness (QED) is 0.774. The zero-order chi connectivity index (χ0) is 11.5. The van der Waals surface area contributed by atoms with Gasteiger partial charge in [0.1, 0.15) is 24.5 Å².